The molecule has 2 aliphatic heterocycles. The molecule has 0 aromatic heterocycles. The molecule has 222 valence electrons. The molecule has 42 heavy (non-hydrogen) atoms. The monoisotopic (exact) mass is 582 g/mol. The van der Waals surface area contributed by atoms with E-state index in [0.29, 0.717) is 67.8 Å². The van der Waals surface area contributed by atoms with E-state index in [4.69, 9.17) is 14.2 Å². The SMILES string of the molecule is COc1ccc(CCC(=O)N2CC[C@@H]3CN(C(=O)c4ccc(Oc5ccc(C(F)(F)F)cc5)cc4)C[C@@H]3C2)c(OC)c1. The maximum atomic E-state index is 13.2. The summed E-state index contributed by atoms with van der Waals surface area (Å²) in [6.07, 6.45) is -2.61. The zero-order chi connectivity index (χ0) is 29.9. The molecule has 0 unspecified atom stereocenters. The van der Waals surface area contributed by atoms with Crippen molar-refractivity contribution in [2.24, 2.45) is 11.8 Å². The molecule has 5 rings (SSSR count). The molecule has 0 N–H and O–H groups in total. The Morgan fingerprint density at radius 2 is 1.43 bits per heavy atom. The Labute approximate surface area is 242 Å². The number of carbonyl (C=O) groups is 2. The average Bonchev–Trinajstić information content (AvgIpc) is 3.43. The fraction of sp³-hybridized carbons (Fsp3) is 0.375. The number of nitrogens with zero attached hydrogens (tertiary/aromatic N) is 2. The number of rotatable bonds is 8. The maximum Gasteiger partial charge on any atom is 0.416 e. The molecule has 3 aromatic carbocycles. The molecular formula is C32H33F3N2O5. The predicted octanol–water partition coefficient (Wildman–Crippen LogP) is 6.07. The number of amides is 2. The zero-order valence-electron chi connectivity index (χ0n) is 23.5. The van der Waals surface area contributed by atoms with Gasteiger partial charge in [0.15, 0.2) is 0 Å². The molecule has 0 bridgehead atoms. The van der Waals surface area contributed by atoms with Crippen molar-refractivity contribution in [2.75, 3.05) is 40.4 Å². The average molecular weight is 583 g/mol. The number of ether oxygens (including phenoxy) is 3. The topological polar surface area (TPSA) is 68.3 Å². The lowest BCUT2D eigenvalue weighted by atomic mass is 9.88. The van der Waals surface area contributed by atoms with Crippen LogP contribution in [0.25, 0.3) is 0 Å². The van der Waals surface area contributed by atoms with Crippen molar-refractivity contribution in [1.29, 1.82) is 0 Å². The van der Waals surface area contributed by atoms with Gasteiger partial charge in [-0.3, -0.25) is 9.59 Å². The Morgan fingerprint density at radius 3 is 2.07 bits per heavy atom. The predicted molar refractivity (Wildman–Crippen MR) is 150 cm³/mol. The summed E-state index contributed by atoms with van der Waals surface area (Å²) in [4.78, 5) is 30.1. The largest absolute Gasteiger partial charge is 0.497 e. The second-order valence-electron chi connectivity index (χ2n) is 10.7. The van der Waals surface area contributed by atoms with Gasteiger partial charge in [-0.25, -0.2) is 0 Å². The molecule has 2 amide bonds. The van der Waals surface area contributed by atoms with Gasteiger partial charge in [-0.2, -0.15) is 13.2 Å². The highest BCUT2D eigenvalue weighted by molar-refractivity contribution is 5.94. The highest BCUT2D eigenvalue weighted by atomic mass is 19.4. The summed E-state index contributed by atoms with van der Waals surface area (Å²) in [5, 5.41) is 0. The van der Waals surface area contributed by atoms with Crippen LogP contribution >= 0.6 is 0 Å². The first kappa shape index (κ1) is 29.3. The quantitative estimate of drug-likeness (QED) is 0.323. The fourth-order valence-corrected chi connectivity index (χ4v) is 5.72. The van der Waals surface area contributed by atoms with Crippen molar-refractivity contribution in [1.82, 2.24) is 9.80 Å². The molecule has 0 aliphatic carbocycles. The van der Waals surface area contributed by atoms with Gasteiger partial charge in [0.25, 0.3) is 5.91 Å². The maximum absolute atomic E-state index is 13.2. The Kier molecular flexibility index (Phi) is 8.61. The summed E-state index contributed by atoms with van der Waals surface area (Å²) in [6.45, 7) is 2.55. The van der Waals surface area contributed by atoms with Crippen LogP contribution in [0, 0.1) is 11.8 Å². The third kappa shape index (κ3) is 6.64. The third-order valence-electron chi connectivity index (χ3n) is 8.06. The lowest BCUT2D eigenvalue weighted by Crippen LogP contribution is -2.43. The number of alkyl halides is 3. The van der Waals surface area contributed by atoms with Gasteiger partial charge in [-0.15, -0.1) is 0 Å². The highest BCUT2D eigenvalue weighted by Gasteiger charge is 2.40. The first-order chi connectivity index (χ1) is 20.1. The Balaban J connectivity index is 1.13. The van der Waals surface area contributed by atoms with E-state index < -0.39 is 11.7 Å². The Hall–Kier alpha value is -4.21. The van der Waals surface area contributed by atoms with Crippen LogP contribution in [-0.4, -0.2) is 62.0 Å². The minimum atomic E-state index is -4.41. The Morgan fingerprint density at radius 1 is 0.810 bits per heavy atom. The van der Waals surface area contributed by atoms with Crippen LogP contribution in [-0.2, 0) is 17.4 Å². The van der Waals surface area contributed by atoms with Crippen molar-refractivity contribution in [3.05, 3.63) is 83.4 Å². The van der Waals surface area contributed by atoms with Crippen LogP contribution in [0.2, 0.25) is 0 Å². The number of carbonyl (C=O) groups excluding carboxylic acids is 2. The van der Waals surface area contributed by atoms with E-state index in [9.17, 15) is 22.8 Å². The summed E-state index contributed by atoms with van der Waals surface area (Å²) in [5.74, 6) is 2.67. The summed E-state index contributed by atoms with van der Waals surface area (Å²) >= 11 is 0. The molecule has 2 fully saturated rings. The number of hydrogen-bond donors (Lipinski definition) is 0. The number of methoxy groups -OCH3 is 2. The van der Waals surface area contributed by atoms with Gasteiger partial charge >= 0.3 is 6.18 Å². The van der Waals surface area contributed by atoms with Crippen molar-refractivity contribution >= 4 is 11.8 Å². The van der Waals surface area contributed by atoms with Gasteiger partial charge in [0, 0.05) is 44.2 Å². The summed E-state index contributed by atoms with van der Waals surface area (Å²) < 4.78 is 54.7. The summed E-state index contributed by atoms with van der Waals surface area (Å²) in [5.41, 5.74) is 0.716. The molecule has 0 radical (unpaired) electrons. The molecule has 2 aliphatic rings. The molecule has 2 heterocycles. The van der Waals surface area contributed by atoms with Crippen LogP contribution < -0.4 is 14.2 Å². The smallest absolute Gasteiger partial charge is 0.416 e. The van der Waals surface area contributed by atoms with Crippen LogP contribution in [0.3, 0.4) is 0 Å². The van der Waals surface area contributed by atoms with Gasteiger partial charge in [0.05, 0.1) is 19.8 Å². The highest BCUT2D eigenvalue weighted by Crippen LogP contribution is 2.34. The van der Waals surface area contributed by atoms with Gasteiger partial charge < -0.3 is 24.0 Å². The molecule has 7 nitrogen and oxygen atoms in total. The Bertz CT molecular complexity index is 1410. The van der Waals surface area contributed by atoms with Crippen LogP contribution in [0.15, 0.2) is 66.7 Å². The van der Waals surface area contributed by atoms with Crippen molar-refractivity contribution < 1.29 is 37.0 Å². The number of piperidine rings is 1. The van der Waals surface area contributed by atoms with Gasteiger partial charge in [0.2, 0.25) is 5.91 Å². The van der Waals surface area contributed by atoms with Crippen molar-refractivity contribution in [3.63, 3.8) is 0 Å². The van der Waals surface area contributed by atoms with E-state index in [1.807, 2.05) is 28.0 Å². The number of aryl methyl sites for hydroxylation is 1. The number of hydrogen-bond acceptors (Lipinski definition) is 5. The molecule has 10 heteroatoms. The normalized spacial score (nSPS) is 18.4. The number of fused-ring (bicyclic) bond motifs is 1. The first-order valence-corrected chi connectivity index (χ1v) is 13.9. The summed E-state index contributed by atoms with van der Waals surface area (Å²) in [7, 11) is 3.20. The van der Waals surface area contributed by atoms with E-state index in [1.54, 1.807) is 38.5 Å². The lowest BCUT2D eigenvalue weighted by Gasteiger charge is -2.34. The minimum absolute atomic E-state index is 0.0880. The van der Waals surface area contributed by atoms with E-state index in [2.05, 4.69) is 0 Å². The van der Waals surface area contributed by atoms with E-state index in [1.165, 1.54) is 12.1 Å². The van der Waals surface area contributed by atoms with Crippen LogP contribution in [0.4, 0.5) is 13.2 Å². The second kappa shape index (κ2) is 12.3. The molecule has 2 saturated heterocycles. The van der Waals surface area contributed by atoms with Crippen molar-refractivity contribution in [3.8, 4) is 23.0 Å². The van der Waals surface area contributed by atoms with E-state index in [-0.39, 0.29) is 23.5 Å². The van der Waals surface area contributed by atoms with E-state index in [0.717, 1.165) is 24.1 Å². The molecule has 2 atom stereocenters. The van der Waals surface area contributed by atoms with Crippen LogP contribution in [0.1, 0.15) is 34.3 Å². The minimum Gasteiger partial charge on any atom is -0.497 e. The number of benzene rings is 3. The second-order valence-corrected chi connectivity index (χ2v) is 10.7. The van der Waals surface area contributed by atoms with Crippen molar-refractivity contribution in [2.45, 2.75) is 25.4 Å². The molecule has 0 saturated carbocycles. The molecule has 3 aromatic rings. The van der Waals surface area contributed by atoms with Gasteiger partial charge in [0.1, 0.15) is 23.0 Å². The lowest BCUT2D eigenvalue weighted by molar-refractivity contribution is -0.137. The molecule has 0 spiro atoms. The van der Waals surface area contributed by atoms with Crippen LogP contribution in [0.5, 0.6) is 23.0 Å². The summed E-state index contributed by atoms with van der Waals surface area (Å²) in [6, 6.07) is 16.6. The zero-order valence-corrected chi connectivity index (χ0v) is 23.5. The first-order valence-electron chi connectivity index (χ1n) is 13.9. The number of halogens is 3. The fourth-order valence-electron chi connectivity index (χ4n) is 5.72. The standard InChI is InChI=1S/C32H33F3N2O5/c1-40-28-11-3-21(29(17-28)41-2)6-14-30(38)36-16-15-23-18-37(20-24(23)19-36)31(39)22-4-9-26(10-5-22)42-27-12-7-25(8-13-27)32(33,34)35/h3-5,7-13,17,23-24H,6,14-16,18-20H2,1-2H3/t23-,24+/m1/s1. The van der Waals surface area contributed by atoms with Gasteiger partial charge in [-0.1, -0.05) is 6.07 Å². The third-order valence-corrected chi connectivity index (χ3v) is 8.06. The van der Waals surface area contributed by atoms with Gasteiger partial charge in [-0.05, 0) is 84.8 Å². The molecular weight excluding hydrogens is 549 g/mol. The van der Waals surface area contributed by atoms with E-state index >= 15 is 0 Å². The number of likely N-dealkylation sites (tertiary alicyclic amines) is 2.